The lowest BCUT2D eigenvalue weighted by molar-refractivity contribution is 0.722. The Morgan fingerprint density at radius 2 is 0.584 bits per heavy atom. The van der Waals surface area contributed by atoms with E-state index in [9.17, 15) is 0 Å². The molecule has 3 heteroatoms. The molecule has 13 aromatic carbocycles. The average Bonchev–Trinajstić information content (AvgIpc) is 4.13. The summed E-state index contributed by atoms with van der Waals surface area (Å²) in [6.45, 7) is 0. The first-order chi connectivity index (χ1) is 38.2. The van der Waals surface area contributed by atoms with Gasteiger partial charge in [0.2, 0.25) is 0 Å². The van der Waals surface area contributed by atoms with E-state index < -0.39 is 10.8 Å². The van der Waals surface area contributed by atoms with Crippen LogP contribution in [0.15, 0.2) is 293 Å². The summed E-state index contributed by atoms with van der Waals surface area (Å²) in [7, 11) is 0. The van der Waals surface area contributed by atoms with Crippen molar-refractivity contribution in [3.63, 3.8) is 0 Å². The van der Waals surface area contributed by atoms with Crippen molar-refractivity contribution >= 4 is 72.9 Å². The van der Waals surface area contributed by atoms with Gasteiger partial charge in [0, 0.05) is 36.6 Å². The standard InChI is InChI=1S/C74H45NS2/c1-2-19-53-51(17-1)52-18-3-4-20-54(52)59-43-47(35-40-55(53)59)46-33-36-48(37-34-46)75(49-39-42-63-60(44-49)57-22-6-8-24-62(57)73(63)64-25-9-13-29-69(64)76-70-30-14-10-26-65(70)73)50-38-41-58-56-21-5-7-23-61(56)74(68(58)45-50)66-27-11-15-31-71(66)77-72-32-16-12-28-67(72)74/h1-45H. The van der Waals surface area contributed by atoms with Crippen molar-refractivity contribution in [3.05, 3.63) is 317 Å². The topological polar surface area (TPSA) is 3.24 Å². The van der Waals surface area contributed by atoms with Gasteiger partial charge in [-0.25, -0.2) is 0 Å². The van der Waals surface area contributed by atoms with Gasteiger partial charge in [-0.2, -0.15) is 0 Å². The molecule has 13 aromatic rings. The van der Waals surface area contributed by atoms with Crippen molar-refractivity contribution in [3.8, 4) is 33.4 Å². The lowest BCUT2D eigenvalue weighted by Crippen LogP contribution is -2.32. The Morgan fingerprint density at radius 1 is 0.221 bits per heavy atom. The number of fused-ring (bicyclic) bond motifs is 24. The number of anilines is 3. The van der Waals surface area contributed by atoms with Crippen LogP contribution in [0.25, 0.3) is 65.7 Å². The quantitative estimate of drug-likeness (QED) is 0.162. The van der Waals surface area contributed by atoms with Crippen molar-refractivity contribution in [1.29, 1.82) is 0 Å². The molecule has 0 amide bonds. The molecule has 0 N–H and O–H groups in total. The van der Waals surface area contributed by atoms with Crippen LogP contribution in [-0.4, -0.2) is 0 Å². The minimum absolute atomic E-state index is 0.460. The summed E-state index contributed by atoms with van der Waals surface area (Å²) in [5.74, 6) is 0. The fourth-order valence-corrected chi connectivity index (χ4v) is 16.7. The summed E-state index contributed by atoms with van der Waals surface area (Å²) < 4.78 is 0. The number of hydrogen-bond acceptors (Lipinski definition) is 3. The highest BCUT2D eigenvalue weighted by Gasteiger charge is 2.52. The Balaban J connectivity index is 0.891. The molecule has 77 heavy (non-hydrogen) atoms. The summed E-state index contributed by atoms with van der Waals surface area (Å²) in [5, 5.41) is 7.71. The maximum Gasteiger partial charge on any atom is 0.0736 e. The fraction of sp³-hybridized carbons (Fsp3) is 0.0270. The molecule has 2 spiro atoms. The highest BCUT2D eigenvalue weighted by molar-refractivity contribution is 7.99. The average molecular weight is 1010 g/mol. The molecule has 0 unspecified atom stereocenters. The van der Waals surface area contributed by atoms with Crippen LogP contribution in [-0.2, 0) is 10.8 Å². The molecule has 0 saturated carbocycles. The minimum Gasteiger partial charge on any atom is -0.310 e. The number of nitrogens with zero attached hydrogens (tertiary/aromatic N) is 1. The maximum absolute atomic E-state index is 2.53. The number of benzene rings is 13. The summed E-state index contributed by atoms with van der Waals surface area (Å²) in [4.78, 5) is 7.74. The van der Waals surface area contributed by atoms with Gasteiger partial charge in [-0.3, -0.25) is 0 Å². The normalized spacial score (nSPS) is 14.3. The third-order valence-electron chi connectivity index (χ3n) is 17.4. The summed E-state index contributed by atoms with van der Waals surface area (Å²) in [5.41, 5.74) is 20.6. The highest BCUT2D eigenvalue weighted by atomic mass is 32.2. The van der Waals surface area contributed by atoms with Gasteiger partial charge in [0.15, 0.2) is 0 Å². The number of hydrogen-bond donors (Lipinski definition) is 0. The van der Waals surface area contributed by atoms with Crippen LogP contribution in [0.5, 0.6) is 0 Å². The molecular formula is C74H45NS2. The van der Waals surface area contributed by atoms with Crippen molar-refractivity contribution in [2.45, 2.75) is 30.4 Å². The summed E-state index contributed by atoms with van der Waals surface area (Å²) in [6.07, 6.45) is 0. The van der Waals surface area contributed by atoms with E-state index in [1.165, 1.54) is 130 Å². The van der Waals surface area contributed by atoms with Crippen molar-refractivity contribution in [1.82, 2.24) is 0 Å². The Hall–Kier alpha value is -8.86. The minimum atomic E-state index is -0.509. The molecule has 0 radical (unpaired) electrons. The van der Waals surface area contributed by atoms with Crippen molar-refractivity contribution < 1.29 is 0 Å². The molecule has 17 rings (SSSR count). The second-order valence-corrected chi connectivity index (χ2v) is 23.1. The molecule has 2 aliphatic heterocycles. The van der Waals surface area contributed by atoms with Gasteiger partial charge in [-0.15, -0.1) is 0 Å². The lowest BCUT2D eigenvalue weighted by Gasteiger charge is -2.40. The monoisotopic (exact) mass is 1010 g/mol. The Bertz CT molecular complexity index is 4540. The summed E-state index contributed by atoms with van der Waals surface area (Å²) in [6, 6.07) is 103. The zero-order valence-corrected chi connectivity index (χ0v) is 43.4. The predicted molar refractivity (Wildman–Crippen MR) is 322 cm³/mol. The maximum atomic E-state index is 2.53. The molecule has 1 nitrogen and oxygen atoms in total. The third-order valence-corrected chi connectivity index (χ3v) is 19.7. The van der Waals surface area contributed by atoms with Crippen LogP contribution < -0.4 is 4.90 Å². The van der Waals surface area contributed by atoms with Gasteiger partial charge in [0.1, 0.15) is 0 Å². The summed E-state index contributed by atoms with van der Waals surface area (Å²) >= 11 is 3.78. The van der Waals surface area contributed by atoms with Gasteiger partial charge in [-0.1, -0.05) is 230 Å². The van der Waals surface area contributed by atoms with Gasteiger partial charge >= 0.3 is 0 Å². The van der Waals surface area contributed by atoms with Gasteiger partial charge < -0.3 is 4.90 Å². The van der Waals surface area contributed by atoms with E-state index in [1.807, 2.05) is 23.5 Å². The molecule has 0 saturated heterocycles. The number of rotatable bonds is 4. The molecule has 358 valence electrons. The Kier molecular flexibility index (Phi) is 9.20. The first-order valence-electron chi connectivity index (χ1n) is 26.6. The second kappa shape index (κ2) is 16.3. The predicted octanol–water partition coefficient (Wildman–Crippen LogP) is 19.9. The third kappa shape index (κ3) is 5.88. The molecule has 2 aliphatic carbocycles. The van der Waals surface area contributed by atoms with Crippen LogP contribution in [0.4, 0.5) is 17.1 Å². The molecule has 2 heterocycles. The van der Waals surface area contributed by atoms with E-state index in [-0.39, 0.29) is 0 Å². The van der Waals surface area contributed by atoms with Crippen molar-refractivity contribution in [2.24, 2.45) is 0 Å². The molecular weight excluding hydrogens is 967 g/mol. The lowest BCUT2D eigenvalue weighted by atomic mass is 9.67. The van der Waals surface area contributed by atoms with Crippen LogP contribution >= 0.6 is 23.5 Å². The zero-order valence-electron chi connectivity index (χ0n) is 41.7. The van der Waals surface area contributed by atoms with Crippen LogP contribution in [0, 0.1) is 0 Å². The Morgan fingerprint density at radius 3 is 1.13 bits per heavy atom. The van der Waals surface area contributed by atoms with Crippen molar-refractivity contribution in [2.75, 3.05) is 4.90 Å². The van der Waals surface area contributed by atoms with E-state index in [4.69, 9.17) is 0 Å². The smallest absolute Gasteiger partial charge is 0.0736 e. The first kappa shape index (κ1) is 43.4. The largest absolute Gasteiger partial charge is 0.310 e. The van der Waals surface area contributed by atoms with Gasteiger partial charge in [-0.05, 0) is 177 Å². The highest BCUT2D eigenvalue weighted by Crippen LogP contribution is 2.65. The molecule has 0 atom stereocenters. The zero-order chi connectivity index (χ0) is 50.4. The molecule has 4 aliphatic rings. The van der Waals surface area contributed by atoms with Crippen LogP contribution in [0.3, 0.4) is 0 Å². The van der Waals surface area contributed by atoms with Crippen LogP contribution in [0.2, 0.25) is 0 Å². The fourth-order valence-electron chi connectivity index (χ4n) is 14.3. The van der Waals surface area contributed by atoms with Gasteiger partial charge in [0.25, 0.3) is 0 Å². The van der Waals surface area contributed by atoms with E-state index in [1.54, 1.807) is 0 Å². The van der Waals surface area contributed by atoms with E-state index in [0.29, 0.717) is 0 Å². The van der Waals surface area contributed by atoms with Crippen LogP contribution in [0.1, 0.15) is 44.5 Å². The second-order valence-electron chi connectivity index (χ2n) is 21.0. The van der Waals surface area contributed by atoms with E-state index in [0.717, 1.165) is 17.1 Å². The van der Waals surface area contributed by atoms with E-state index >= 15 is 0 Å². The molecule has 0 fully saturated rings. The molecule has 0 aromatic heterocycles. The first-order valence-corrected chi connectivity index (χ1v) is 28.3. The Labute approximate surface area is 456 Å². The van der Waals surface area contributed by atoms with Gasteiger partial charge in [0.05, 0.1) is 10.8 Å². The SMILES string of the molecule is c1ccc2c(c1)Sc1ccccc1C21c2ccccc2-c2cc(N(c3ccc(-c4ccc5c6ccccc6c6ccccc6c5c4)cc3)c3ccc4c(c3)C3(c5ccccc5Sc5ccccc53)c3ccccc3-4)ccc21. The van der Waals surface area contributed by atoms with E-state index in [2.05, 4.69) is 278 Å². The molecule has 0 bridgehead atoms.